The van der Waals surface area contributed by atoms with Gasteiger partial charge in [-0.3, -0.25) is 9.69 Å². The first-order chi connectivity index (χ1) is 8.99. The van der Waals surface area contributed by atoms with E-state index in [1.54, 1.807) is 13.0 Å². The topological polar surface area (TPSA) is 69.6 Å². The fraction of sp³-hybridized carbons (Fsp3) is 0.385. The summed E-state index contributed by atoms with van der Waals surface area (Å²) in [6, 6.07) is 3.60. The molecule has 2 rings (SSSR count). The van der Waals surface area contributed by atoms with Gasteiger partial charge in [0.05, 0.1) is 12.5 Å². The average Bonchev–Trinajstić information content (AvgIpc) is 2.51. The molecule has 2 N–H and O–H groups in total. The normalized spacial score (nSPS) is 19.8. The number of carboxylic acid groups (broad SMARTS) is 1. The second kappa shape index (κ2) is 5.26. The van der Waals surface area contributed by atoms with Crippen molar-refractivity contribution in [3.8, 4) is 0 Å². The van der Waals surface area contributed by atoms with Gasteiger partial charge in [-0.25, -0.2) is 9.18 Å². The van der Waals surface area contributed by atoms with Crippen molar-refractivity contribution in [3.63, 3.8) is 0 Å². The van der Waals surface area contributed by atoms with E-state index in [4.69, 9.17) is 0 Å². The summed E-state index contributed by atoms with van der Waals surface area (Å²) in [4.78, 5) is 24.1. The molecule has 1 fully saturated rings. The molecule has 1 aromatic carbocycles. The molecule has 19 heavy (non-hydrogen) atoms. The molecule has 1 aliphatic heterocycles. The zero-order valence-electron chi connectivity index (χ0n) is 10.5. The molecule has 2 amide bonds. The van der Waals surface area contributed by atoms with Crippen LogP contribution in [0.25, 0.3) is 0 Å². The summed E-state index contributed by atoms with van der Waals surface area (Å²) in [6.07, 6.45) is -1.02. The molecule has 1 saturated heterocycles. The second-order valence-corrected chi connectivity index (χ2v) is 4.55. The largest absolute Gasteiger partial charge is 0.465 e. The molecule has 0 aliphatic carbocycles. The van der Waals surface area contributed by atoms with Gasteiger partial charge in [-0.05, 0) is 30.2 Å². The minimum atomic E-state index is -1.08. The zero-order chi connectivity index (χ0) is 14.0. The van der Waals surface area contributed by atoms with E-state index < -0.39 is 12.1 Å². The van der Waals surface area contributed by atoms with Crippen LogP contribution < -0.4 is 5.32 Å². The van der Waals surface area contributed by atoms with Gasteiger partial charge in [-0.1, -0.05) is 6.07 Å². The van der Waals surface area contributed by atoms with Crippen LogP contribution >= 0.6 is 0 Å². The predicted molar refractivity (Wildman–Crippen MR) is 66.2 cm³/mol. The van der Waals surface area contributed by atoms with E-state index in [1.165, 1.54) is 17.0 Å². The number of carbonyl (C=O) groups excluding carboxylic acids is 1. The predicted octanol–water partition coefficient (Wildman–Crippen LogP) is 1.68. The van der Waals surface area contributed by atoms with E-state index in [1.807, 2.05) is 0 Å². The molecule has 1 unspecified atom stereocenters. The second-order valence-electron chi connectivity index (χ2n) is 4.55. The molecule has 0 aromatic heterocycles. The highest BCUT2D eigenvalue weighted by Crippen LogP contribution is 2.28. The summed E-state index contributed by atoms with van der Waals surface area (Å²) in [5.41, 5.74) is 1.31. The first-order valence-corrected chi connectivity index (χ1v) is 6.01. The number of aryl methyl sites for hydroxylation is 1. The Labute approximate surface area is 110 Å². The first kappa shape index (κ1) is 13.3. The van der Waals surface area contributed by atoms with E-state index in [2.05, 4.69) is 5.32 Å². The maximum atomic E-state index is 13.1. The maximum Gasteiger partial charge on any atom is 0.407 e. The molecule has 5 nitrogen and oxygen atoms in total. The Bertz CT molecular complexity index is 519. The Morgan fingerprint density at radius 2 is 2.26 bits per heavy atom. The molecule has 0 radical (unpaired) electrons. The SMILES string of the molecule is Cc1cc(F)ccc1C1CC(=O)NCCN1C(=O)O. The summed E-state index contributed by atoms with van der Waals surface area (Å²) < 4.78 is 13.1. The lowest BCUT2D eigenvalue weighted by Crippen LogP contribution is -2.35. The van der Waals surface area contributed by atoms with Gasteiger partial charge in [-0.2, -0.15) is 0 Å². The minimum absolute atomic E-state index is 0.0543. The molecule has 0 saturated carbocycles. The van der Waals surface area contributed by atoms with Crippen molar-refractivity contribution in [3.05, 3.63) is 35.1 Å². The molecular weight excluding hydrogens is 251 g/mol. The van der Waals surface area contributed by atoms with Crippen LogP contribution in [-0.2, 0) is 4.79 Å². The molecule has 1 atom stereocenters. The van der Waals surface area contributed by atoms with Crippen LogP contribution in [0.5, 0.6) is 0 Å². The molecule has 102 valence electrons. The number of amides is 2. The highest BCUT2D eigenvalue weighted by molar-refractivity contribution is 5.78. The van der Waals surface area contributed by atoms with Crippen LogP contribution in [0.1, 0.15) is 23.6 Å². The highest BCUT2D eigenvalue weighted by atomic mass is 19.1. The highest BCUT2D eigenvalue weighted by Gasteiger charge is 2.30. The van der Waals surface area contributed by atoms with E-state index in [9.17, 15) is 19.1 Å². The molecule has 1 heterocycles. The summed E-state index contributed by atoms with van der Waals surface area (Å²) in [5.74, 6) is -0.571. The van der Waals surface area contributed by atoms with E-state index in [0.29, 0.717) is 17.7 Å². The van der Waals surface area contributed by atoms with Crippen molar-refractivity contribution in [1.82, 2.24) is 10.2 Å². The van der Waals surface area contributed by atoms with Crippen molar-refractivity contribution < 1.29 is 19.1 Å². The van der Waals surface area contributed by atoms with Crippen LogP contribution in [0.4, 0.5) is 9.18 Å². The van der Waals surface area contributed by atoms with Gasteiger partial charge in [0.25, 0.3) is 0 Å². The zero-order valence-corrected chi connectivity index (χ0v) is 10.5. The fourth-order valence-corrected chi connectivity index (χ4v) is 2.35. The number of rotatable bonds is 1. The van der Waals surface area contributed by atoms with Crippen molar-refractivity contribution in [1.29, 1.82) is 0 Å². The van der Waals surface area contributed by atoms with E-state index in [-0.39, 0.29) is 24.7 Å². The fourth-order valence-electron chi connectivity index (χ4n) is 2.35. The Morgan fingerprint density at radius 1 is 1.53 bits per heavy atom. The number of nitrogens with zero attached hydrogens (tertiary/aromatic N) is 1. The smallest absolute Gasteiger partial charge is 0.407 e. The lowest BCUT2D eigenvalue weighted by Gasteiger charge is -2.27. The van der Waals surface area contributed by atoms with Crippen LogP contribution in [0.3, 0.4) is 0 Å². The van der Waals surface area contributed by atoms with Gasteiger partial charge in [0, 0.05) is 13.1 Å². The number of nitrogens with one attached hydrogen (secondary N) is 1. The average molecular weight is 266 g/mol. The lowest BCUT2D eigenvalue weighted by molar-refractivity contribution is -0.121. The monoisotopic (exact) mass is 266 g/mol. The van der Waals surface area contributed by atoms with Gasteiger partial charge in [0.1, 0.15) is 5.82 Å². The molecule has 0 spiro atoms. The number of halogens is 1. The Hall–Kier alpha value is -2.11. The molecular formula is C13H15FN2O3. The van der Waals surface area contributed by atoms with Crippen LogP contribution in [-0.4, -0.2) is 35.1 Å². The Kier molecular flexibility index (Phi) is 3.69. The Balaban J connectivity index is 2.40. The number of hydrogen-bond donors (Lipinski definition) is 2. The summed E-state index contributed by atoms with van der Waals surface area (Å²) in [6.45, 7) is 2.23. The van der Waals surface area contributed by atoms with Crippen LogP contribution in [0, 0.1) is 12.7 Å². The number of carbonyl (C=O) groups is 2. The first-order valence-electron chi connectivity index (χ1n) is 6.01. The molecule has 0 bridgehead atoms. The van der Waals surface area contributed by atoms with Crippen molar-refractivity contribution >= 4 is 12.0 Å². The van der Waals surface area contributed by atoms with Crippen molar-refractivity contribution in [2.24, 2.45) is 0 Å². The lowest BCUT2D eigenvalue weighted by atomic mass is 9.97. The van der Waals surface area contributed by atoms with Gasteiger partial charge in [0.2, 0.25) is 5.91 Å². The van der Waals surface area contributed by atoms with Gasteiger partial charge < -0.3 is 10.4 Å². The third kappa shape index (κ3) is 2.83. The molecule has 1 aliphatic rings. The summed E-state index contributed by atoms with van der Waals surface area (Å²) in [5, 5.41) is 11.9. The molecule has 6 heteroatoms. The van der Waals surface area contributed by atoms with Crippen molar-refractivity contribution in [2.45, 2.75) is 19.4 Å². The van der Waals surface area contributed by atoms with Crippen molar-refractivity contribution in [2.75, 3.05) is 13.1 Å². The van der Waals surface area contributed by atoms with Crippen LogP contribution in [0.15, 0.2) is 18.2 Å². The summed E-state index contributed by atoms with van der Waals surface area (Å²) >= 11 is 0. The third-order valence-corrected chi connectivity index (χ3v) is 3.27. The standard InChI is InChI=1S/C13H15FN2O3/c1-8-6-9(14)2-3-10(8)11-7-12(17)15-4-5-16(11)13(18)19/h2-3,6,11H,4-5,7H2,1H3,(H,15,17)(H,18,19). The number of hydrogen-bond acceptors (Lipinski definition) is 2. The van der Waals surface area contributed by atoms with Gasteiger partial charge in [-0.15, -0.1) is 0 Å². The van der Waals surface area contributed by atoms with E-state index >= 15 is 0 Å². The van der Waals surface area contributed by atoms with Crippen LogP contribution in [0.2, 0.25) is 0 Å². The quantitative estimate of drug-likeness (QED) is 0.812. The Morgan fingerprint density at radius 3 is 2.89 bits per heavy atom. The van der Waals surface area contributed by atoms with E-state index in [0.717, 1.165) is 0 Å². The minimum Gasteiger partial charge on any atom is -0.465 e. The molecule has 1 aromatic rings. The maximum absolute atomic E-state index is 13.1. The van der Waals surface area contributed by atoms with Gasteiger partial charge in [0.15, 0.2) is 0 Å². The van der Waals surface area contributed by atoms with Gasteiger partial charge >= 0.3 is 6.09 Å². The summed E-state index contributed by atoms with van der Waals surface area (Å²) in [7, 11) is 0. The number of benzene rings is 1. The third-order valence-electron chi connectivity index (χ3n) is 3.27.